The van der Waals surface area contributed by atoms with Crippen LogP contribution in [0.3, 0.4) is 0 Å². The van der Waals surface area contributed by atoms with Gasteiger partial charge in [-0.25, -0.2) is 4.39 Å². The monoisotopic (exact) mass is 346 g/mol. The maximum absolute atomic E-state index is 13.7. The van der Waals surface area contributed by atoms with Crippen molar-refractivity contribution in [2.75, 3.05) is 0 Å². The minimum Gasteiger partial charge on any atom is -0.288 e. The molecule has 0 radical (unpaired) electrons. The number of hydrogen-bond donors (Lipinski definition) is 0. The van der Waals surface area contributed by atoms with Gasteiger partial charge < -0.3 is 0 Å². The third-order valence-corrected chi connectivity index (χ3v) is 3.51. The number of carbonyl (C=O) groups is 1. The Morgan fingerprint density at radius 2 is 1.61 bits per heavy atom. The fourth-order valence-electron chi connectivity index (χ4n) is 1.49. The highest BCUT2D eigenvalue weighted by molar-refractivity contribution is 9.10. The molecule has 0 unspecified atom stereocenters. The van der Waals surface area contributed by atoms with Gasteiger partial charge in [0.05, 0.1) is 5.56 Å². The SMILES string of the molecule is O=C(c1ccc(Cl)cc1F)c1cc(Cl)ccc1Br. The van der Waals surface area contributed by atoms with Gasteiger partial charge in [0.1, 0.15) is 5.82 Å². The molecule has 0 aromatic heterocycles. The molecule has 2 aromatic rings. The summed E-state index contributed by atoms with van der Waals surface area (Å²) < 4.78 is 14.2. The third-order valence-electron chi connectivity index (χ3n) is 2.35. The highest BCUT2D eigenvalue weighted by atomic mass is 79.9. The zero-order valence-electron chi connectivity index (χ0n) is 8.88. The molecule has 0 aliphatic rings. The van der Waals surface area contributed by atoms with Crippen LogP contribution in [0.2, 0.25) is 10.0 Å². The van der Waals surface area contributed by atoms with E-state index in [2.05, 4.69) is 15.9 Å². The normalized spacial score (nSPS) is 10.4. The number of benzene rings is 2. The van der Waals surface area contributed by atoms with Crippen LogP contribution in [-0.2, 0) is 0 Å². The van der Waals surface area contributed by atoms with Crippen molar-refractivity contribution in [1.82, 2.24) is 0 Å². The van der Waals surface area contributed by atoms with Crippen molar-refractivity contribution < 1.29 is 9.18 Å². The molecule has 0 N–H and O–H groups in total. The van der Waals surface area contributed by atoms with Gasteiger partial charge in [-0.1, -0.05) is 39.1 Å². The van der Waals surface area contributed by atoms with E-state index in [0.29, 0.717) is 15.1 Å². The molecule has 18 heavy (non-hydrogen) atoms. The van der Waals surface area contributed by atoms with E-state index in [1.54, 1.807) is 12.1 Å². The number of carbonyl (C=O) groups excluding carboxylic acids is 1. The van der Waals surface area contributed by atoms with Gasteiger partial charge in [-0.2, -0.15) is 0 Å². The van der Waals surface area contributed by atoms with Crippen LogP contribution in [0.5, 0.6) is 0 Å². The molecular weight excluding hydrogens is 342 g/mol. The van der Waals surface area contributed by atoms with Crippen LogP contribution < -0.4 is 0 Å². The number of hydrogen-bond acceptors (Lipinski definition) is 1. The molecule has 2 rings (SSSR count). The standard InChI is InChI=1S/C13H6BrCl2FO/c14-11-4-2-7(15)5-10(11)13(18)9-3-1-8(16)6-12(9)17/h1-6H. The summed E-state index contributed by atoms with van der Waals surface area (Å²) >= 11 is 14.7. The quantitative estimate of drug-likeness (QED) is 0.688. The lowest BCUT2D eigenvalue weighted by atomic mass is 10.0. The third kappa shape index (κ3) is 2.74. The molecule has 0 aliphatic carbocycles. The second-order valence-electron chi connectivity index (χ2n) is 3.58. The Morgan fingerprint density at radius 1 is 1.00 bits per heavy atom. The lowest BCUT2D eigenvalue weighted by Gasteiger charge is -2.06. The van der Waals surface area contributed by atoms with Crippen molar-refractivity contribution in [2.24, 2.45) is 0 Å². The first-order chi connectivity index (χ1) is 8.49. The molecule has 0 atom stereocenters. The van der Waals surface area contributed by atoms with E-state index in [4.69, 9.17) is 23.2 Å². The number of rotatable bonds is 2. The van der Waals surface area contributed by atoms with Crippen LogP contribution in [0, 0.1) is 5.82 Å². The van der Waals surface area contributed by atoms with E-state index in [0.717, 1.165) is 6.07 Å². The summed E-state index contributed by atoms with van der Waals surface area (Å²) in [7, 11) is 0. The average molecular weight is 348 g/mol. The highest BCUT2D eigenvalue weighted by Gasteiger charge is 2.17. The minimum atomic E-state index is -0.653. The lowest BCUT2D eigenvalue weighted by Crippen LogP contribution is -2.05. The van der Waals surface area contributed by atoms with Crippen molar-refractivity contribution in [3.05, 3.63) is 67.9 Å². The summed E-state index contributed by atoms with van der Waals surface area (Å²) in [6, 6.07) is 8.70. The first kappa shape index (κ1) is 13.5. The van der Waals surface area contributed by atoms with Crippen molar-refractivity contribution in [3.8, 4) is 0 Å². The fraction of sp³-hybridized carbons (Fsp3) is 0. The summed E-state index contributed by atoms with van der Waals surface area (Å²) in [5, 5.41) is 0.658. The van der Waals surface area contributed by atoms with Crippen LogP contribution in [-0.4, -0.2) is 5.78 Å². The summed E-state index contributed by atoms with van der Waals surface area (Å²) in [6.45, 7) is 0. The molecule has 0 heterocycles. The Hall–Kier alpha value is -0.900. The zero-order chi connectivity index (χ0) is 13.3. The first-order valence-corrected chi connectivity index (χ1v) is 6.49. The van der Waals surface area contributed by atoms with Crippen molar-refractivity contribution >= 4 is 44.9 Å². The van der Waals surface area contributed by atoms with E-state index in [1.807, 2.05) is 0 Å². The van der Waals surface area contributed by atoms with Crippen molar-refractivity contribution in [2.45, 2.75) is 0 Å². The molecule has 0 aliphatic heterocycles. The summed E-state index contributed by atoms with van der Waals surface area (Å²) in [4.78, 5) is 12.2. The van der Waals surface area contributed by atoms with Gasteiger partial charge in [0.15, 0.2) is 5.78 Å². The minimum absolute atomic E-state index is 0.0395. The van der Waals surface area contributed by atoms with Crippen molar-refractivity contribution in [1.29, 1.82) is 0 Å². The summed E-state index contributed by atoms with van der Waals surface area (Å²) in [5.41, 5.74) is 0.270. The molecule has 0 bridgehead atoms. The van der Waals surface area contributed by atoms with Gasteiger partial charge in [0, 0.05) is 20.1 Å². The Morgan fingerprint density at radius 3 is 2.28 bits per heavy atom. The molecule has 5 heteroatoms. The second kappa shape index (κ2) is 5.39. The largest absolute Gasteiger partial charge is 0.288 e. The van der Waals surface area contributed by atoms with E-state index in [1.165, 1.54) is 18.2 Å². The van der Waals surface area contributed by atoms with Gasteiger partial charge in [-0.3, -0.25) is 4.79 Å². The molecule has 0 amide bonds. The van der Waals surface area contributed by atoms with Crippen LogP contribution in [0.15, 0.2) is 40.9 Å². The Balaban J connectivity index is 2.51. The predicted molar refractivity (Wildman–Crippen MR) is 74.0 cm³/mol. The maximum Gasteiger partial charge on any atom is 0.197 e. The summed E-state index contributed by atoms with van der Waals surface area (Å²) in [5.74, 6) is -1.10. The molecule has 1 nitrogen and oxygen atoms in total. The summed E-state index contributed by atoms with van der Waals surface area (Å²) in [6.07, 6.45) is 0. The lowest BCUT2D eigenvalue weighted by molar-refractivity contribution is 0.103. The van der Waals surface area contributed by atoms with Crippen LogP contribution in [0.4, 0.5) is 4.39 Å². The molecule has 92 valence electrons. The number of halogens is 4. The number of ketones is 1. The van der Waals surface area contributed by atoms with E-state index in [9.17, 15) is 9.18 Å². The molecular formula is C13H6BrCl2FO. The van der Waals surface area contributed by atoms with E-state index >= 15 is 0 Å². The first-order valence-electron chi connectivity index (χ1n) is 4.94. The van der Waals surface area contributed by atoms with Crippen molar-refractivity contribution in [3.63, 3.8) is 0 Å². The smallest absolute Gasteiger partial charge is 0.197 e. The molecule has 0 saturated heterocycles. The Kier molecular flexibility index (Phi) is 4.05. The molecule has 2 aromatic carbocycles. The van der Waals surface area contributed by atoms with Gasteiger partial charge >= 0.3 is 0 Å². The molecule has 0 fully saturated rings. The van der Waals surface area contributed by atoms with Crippen LogP contribution in [0.25, 0.3) is 0 Å². The topological polar surface area (TPSA) is 17.1 Å². The van der Waals surface area contributed by atoms with Crippen LogP contribution >= 0.6 is 39.1 Å². The van der Waals surface area contributed by atoms with E-state index in [-0.39, 0.29) is 10.6 Å². The van der Waals surface area contributed by atoms with Gasteiger partial charge in [-0.15, -0.1) is 0 Å². The second-order valence-corrected chi connectivity index (χ2v) is 5.30. The molecule has 0 spiro atoms. The fourth-order valence-corrected chi connectivity index (χ4v) is 2.25. The Bertz CT molecular complexity index is 628. The van der Waals surface area contributed by atoms with Crippen LogP contribution in [0.1, 0.15) is 15.9 Å². The molecule has 0 saturated carbocycles. The van der Waals surface area contributed by atoms with E-state index < -0.39 is 11.6 Å². The predicted octanol–water partition coefficient (Wildman–Crippen LogP) is 5.13. The Labute approximate surface area is 122 Å². The maximum atomic E-state index is 13.7. The van der Waals surface area contributed by atoms with Gasteiger partial charge in [-0.05, 0) is 36.4 Å². The van der Waals surface area contributed by atoms with Gasteiger partial charge in [0.2, 0.25) is 0 Å². The van der Waals surface area contributed by atoms with Gasteiger partial charge in [0.25, 0.3) is 0 Å². The zero-order valence-corrected chi connectivity index (χ0v) is 12.0. The highest BCUT2D eigenvalue weighted by Crippen LogP contribution is 2.25. The average Bonchev–Trinajstić information content (AvgIpc) is 2.31.